The molecule has 0 radical (unpaired) electrons. The van der Waals surface area contributed by atoms with Gasteiger partial charge in [-0.1, -0.05) is 42.0 Å². The number of fused-ring (bicyclic) bond motifs is 1. The van der Waals surface area contributed by atoms with Gasteiger partial charge < -0.3 is 9.80 Å². The molecule has 2 aromatic heterocycles. The Kier molecular flexibility index (Phi) is 4.93. The fraction of sp³-hybridized carbons (Fsp3) is 0.292. The van der Waals surface area contributed by atoms with Crippen LogP contribution in [0.2, 0.25) is 0 Å². The maximum atomic E-state index is 4.62. The molecule has 1 N–H and O–H groups in total. The second kappa shape index (κ2) is 7.88. The molecule has 0 saturated carbocycles. The number of hydrogen-bond donors (Lipinski definition) is 1. The van der Waals surface area contributed by atoms with E-state index in [0.717, 1.165) is 55.3 Å². The van der Waals surface area contributed by atoms with E-state index < -0.39 is 0 Å². The van der Waals surface area contributed by atoms with Crippen LogP contribution in [0.4, 0.5) is 5.82 Å². The maximum Gasteiger partial charge on any atom is 0.168 e. The Labute approximate surface area is 176 Å². The molecule has 0 atom stereocenters. The zero-order chi connectivity index (χ0) is 20.5. The quantitative estimate of drug-likeness (QED) is 0.572. The molecule has 4 aromatic rings. The summed E-state index contributed by atoms with van der Waals surface area (Å²) >= 11 is 0. The van der Waals surface area contributed by atoms with E-state index in [9.17, 15) is 0 Å². The second-order valence-electron chi connectivity index (χ2n) is 8.17. The molecule has 2 aromatic carbocycles. The minimum Gasteiger partial charge on any atom is -0.345 e. The highest BCUT2D eigenvalue weighted by molar-refractivity contribution is 5.87. The van der Waals surface area contributed by atoms with Crippen molar-refractivity contribution in [3.63, 3.8) is 0 Å². The van der Waals surface area contributed by atoms with E-state index in [1.807, 2.05) is 41.2 Å². The van der Waals surface area contributed by atoms with Crippen molar-refractivity contribution in [2.75, 3.05) is 31.1 Å². The number of hydrogen-bond acceptors (Lipinski definition) is 4. The van der Waals surface area contributed by atoms with Crippen LogP contribution in [0.15, 0.2) is 61.1 Å². The standard InChI is InChI=1S/C24H26N6/c1-18-8-9-20(19(2)14-18)16-28-10-12-29(13-11-28)23-22-15-27-30(24(22)26-17-25-23)21-6-4-3-5-7-21/h3-9,14-15,17H,10-13,16H2,1-2H3/p+1. The molecule has 1 aliphatic rings. The number of benzene rings is 2. The molecular formula is C24H27N6+. The van der Waals surface area contributed by atoms with Crippen molar-refractivity contribution >= 4 is 16.9 Å². The third-order valence-corrected chi connectivity index (χ3v) is 6.05. The molecule has 5 rings (SSSR count). The molecule has 1 fully saturated rings. The maximum absolute atomic E-state index is 4.62. The third-order valence-electron chi connectivity index (χ3n) is 6.05. The predicted octanol–water partition coefficient (Wildman–Crippen LogP) is 2.34. The van der Waals surface area contributed by atoms with Crippen LogP contribution in [0.25, 0.3) is 16.7 Å². The number of nitrogens with zero attached hydrogens (tertiary/aromatic N) is 5. The van der Waals surface area contributed by atoms with Gasteiger partial charge in [-0.25, -0.2) is 14.6 Å². The fourth-order valence-corrected chi connectivity index (χ4v) is 4.37. The van der Waals surface area contributed by atoms with Gasteiger partial charge >= 0.3 is 0 Å². The molecular weight excluding hydrogens is 372 g/mol. The molecule has 0 spiro atoms. The van der Waals surface area contributed by atoms with Gasteiger partial charge in [-0.2, -0.15) is 5.10 Å². The molecule has 3 heterocycles. The molecule has 30 heavy (non-hydrogen) atoms. The Morgan fingerprint density at radius 3 is 2.53 bits per heavy atom. The van der Waals surface area contributed by atoms with E-state index in [0.29, 0.717) is 0 Å². The molecule has 152 valence electrons. The Balaban J connectivity index is 1.33. The highest BCUT2D eigenvalue weighted by Gasteiger charge is 2.24. The molecule has 6 nitrogen and oxygen atoms in total. The van der Waals surface area contributed by atoms with Gasteiger partial charge in [0.2, 0.25) is 0 Å². The first kappa shape index (κ1) is 18.8. The van der Waals surface area contributed by atoms with Gasteiger partial charge in [-0.05, 0) is 31.5 Å². The van der Waals surface area contributed by atoms with Crippen molar-refractivity contribution in [2.24, 2.45) is 0 Å². The van der Waals surface area contributed by atoms with E-state index in [-0.39, 0.29) is 0 Å². The van der Waals surface area contributed by atoms with Crippen LogP contribution in [-0.4, -0.2) is 45.9 Å². The first-order valence-electron chi connectivity index (χ1n) is 10.6. The molecule has 0 aliphatic carbocycles. The summed E-state index contributed by atoms with van der Waals surface area (Å²) in [4.78, 5) is 13.2. The largest absolute Gasteiger partial charge is 0.345 e. The minimum atomic E-state index is 0.858. The van der Waals surface area contributed by atoms with Crippen LogP contribution in [-0.2, 0) is 6.54 Å². The lowest BCUT2D eigenvalue weighted by molar-refractivity contribution is -0.914. The Hall–Kier alpha value is -3.25. The number of nitrogens with one attached hydrogen (secondary N) is 1. The van der Waals surface area contributed by atoms with Crippen LogP contribution in [0, 0.1) is 13.8 Å². The van der Waals surface area contributed by atoms with Gasteiger partial charge in [0.05, 0.1) is 43.4 Å². The lowest BCUT2D eigenvalue weighted by Crippen LogP contribution is -3.13. The van der Waals surface area contributed by atoms with Crippen LogP contribution >= 0.6 is 0 Å². The fourth-order valence-electron chi connectivity index (χ4n) is 4.37. The number of rotatable bonds is 4. The SMILES string of the molecule is Cc1ccc(C[NH+]2CCN(c3ncnc4c3cnn4-c3ccccc3)CC2)c(C)c1. The summed E-state index contributed by atoms with van der Waals surface area (Å²) in [6.07, 6.45) is 3.56. The predicted molar refractivity (Wildman–Crippen MR) is 119 cm³/mol. The number of anilines is 1. The Bertz CT molecular complexity index is 1160. The summed E-state index contributed by atoms with van der Waals surface area (Å²) in [5, 5.41) is 5.60. The van der Waals surface area contributed by atoms with Crippen molar-refractivity contribution in [1.82, 2.24) is 19.7 Å². The number of piperazine rings is 1. The molecule has 1 aliphatic heterocycles. The van der Waals surface area contributed by atoms with Gasteiger partial charge in [0.1, 0.15) is 18.7 Å². The first-order valence-corrected chi connectivity index (χ1v) is 10.6. The minimum absolute atomic E-state index is 0.858. The number of para-hydroxylation sites is 1. The third kappa shape index (κ3) is 3.55. The molecule has 6 heteroatoms. The summed E-state index contributed by atoms with van der Waals surface area (Å²) in [5.41, 5.74) is 6.06. The van der Waals surface area contributed by atoms with E-state index in [1.54, 1.807) is 11.2 Å². The van der Waals surface area contributed by atoms with Crippen LogP contribution in [0.5, 0.6) is 0 Å². The summed E-state index contributed by atoms with van der Waals surface area (Å²) in [6.45, 7) is 9.65. The van der Waals surface area contributed by atoms with Gasteiger partial charge in [-0.3, -0.25) is 0 Å². The smallest absolute Gasteiger partial charge is 0.168 e. The molecule has 0 unspecified atom stereocenters. The van der Waals surface area contributed by atoms with Crippen LogP contribution in [0.3, 0.4) is 0 Å². The number of aryl methyl sites for hydroxylation is 2. The van der Waals surface area contributed by atoms with E-state index in [2.05, 4.69) is 52.0 Å². The number of quaternary nitrogens is 1. The summed E-state index contributed by atoms with van der Waals surface area (Å²) in [6, 6.07) is 16.9. The van der Waals surface area contributed by atoms with Gasteiger partial charge in [0, 0.05) is 5.56 Å². The average Bonchev–Trinajstić information content (AvgIpc) is 3.21. The van der Waals surface area contributed by atoms with Gasteiger partial charge in [0.15, 0.2) is 5.65 Å². The lowest BCUT2D eigenvalue weighted by Gasteiger charge is -2.33. The van der Waals surface area contributed by atoms with Crippen molar-refractivity contribution in [3.05, 3.63) is 77.7 Å². The first-order chi connectivity index (χ1) is 14.7. The van der Waals surface area contributed by atoms with E-state index >= 15 is 0 Å². The van der Waals surface area contributed by atoms with Gasteiger partial charge in [0.25, 0.3) is 0 Å². The highest BCUT2D eigenvalue weighted by atomic mass is 15.3. The van der Waals surface area contributed by atoms with Crippen LogP contribution < -0.4 is 9.80 Å². The highest BCUT2D eigenvalue weighted by Crippen LogP contribution is 2.24. The summed E-state index contributed by atoms with van der Waals surface area (Å²) in [5.74, 6) is 0.993. The van der Waals surface area contributed by atoms with Crippen molar-refractivity contribution < 1.29 is 4.90 Å². The van der Waals surface area contributed by atoms with Gasteiger partial charge in [-0.15, -0.1) is 0 Å². The van der Waals surface area contributed by atoms with Crippen LogP contribution in [0.1, 0.15) is 16.7 Å². The Morgan fingerprint density at radius 1 is 0.967 bits per heavy atom. The van der Waals surface area contributed by atoms with E-state index in [4.69, 9.17) is 0 Å². The van der Waals surface area contributed by atoms with Crippen molar-refractivity contribution in [3.8, 4) is 5.69 Å². The monoisotopic (exact) mass is 399 g/mol. The lowest BCUT2D eigenvalue weighted by atomic mass is 10.1. The topological polar surface area (TPSA) is 51.3 Å². The normalized spacial score (nSPS) is 15.1. The average molecular weight is 400 g/mol. The van der Waals surface area contributed by atoms with E-state index in [1.165, 1.54) is 16.7 Å². The summed E-state index contributed by atoms with van der Waals surface area (Å²) in [7, 11) is 0. The zero-order valence-corrected chi connectivity index (χ0v) is 17.5. The number of aromatic nitrogens is 4. The second-order valence-corrected chi connectivity index (χ2v) is 8.17. The molecule has 0 bridgehead atoms. The Morgan fingerprint density at radius 2 is 1.77 bits per heavy atom. The van der Waals surface area contributed by atoms with Crippen molar-refractivity contribution in [2.45, 2.75) is 20.4 Å². The molecule has 0 amide bonds. The molecule has 1 saturated heterocycles. The summed E-state index contributed by atoms with van der Waals surface area (Å²) < 4.78 is 1.89. The van der Waals surface area contributed by atoms with Crippen molar-refractivity contribution in [1.29, 1.82) is 0 Å². The zero-order valence-electron chi connectivity index (χ0n) is 17.5.